The largest absolute Gasteiger partial charge is 0.352 e. The molecule has 128 valence electrons. The highest BCUT2D eigenvalue weighted by Crippen LogP contribution is 2.36. The van der Waals surface area contributed by atoms with Gasteiger partial charge in [-0.25, -0.2) is 0 Å². The Morgan fingerprint density at radius 3 is 2.50 bits per heavy atom. The van der Waals surface area contributed by atoms with E-state index in [4.69, 9.17) is 5.73 Å². The van der Waals surface area contributed by atoms with Crippen molar-refractivity contribution in [1.29, 1.82) is 0 Å². The summed E-state index contributed by atoms with van der Waals surface area (Å²) in [5, 5.41) is 3.28. The summed E-state index contributed by atoms with van der Waals surface area (Å²) in [6.45, 7) is 4.16. The molecule has 0 radical (unpaired) electrons. The number of carbonyl (C=O) groups excluding carboxylic acids is 1. The van der Waals surface area contributed by atoms with Crippen LogP contribution in [0.2, 0.25) is 0 Å². The maximum atomic E-state index is 12.5. The molecule has 0 aromatic carbocycles. The number of rotatable bonds is 3. The molecule has 2 aliphatic carbocycles. The second kappa shape index (κ2) is 7.98. The number of amides is 1. The molecule has 3 rings (SSSR count). The van der Waals surface area contributed by atoms with Crippen LogP contribution in [0.4, 0.5) is 0 Å². The zero-order valence-corrected chi connectivity index (χ0v) is 14.6. The van der Waals surface area contributed by atoms with Gasteiger partial charge in [0.2, 0.25) is 5.91 Å². The molecule has 4 nitrogen and oxygen atoms in total. The number of halogens is 1. The fourth-order valence-corrected chi connectivity index (χ4v) is 4.60. The predicted octanol–water partition coefficient (Wildman–Crippen LogP) is 2.30. The Balaban J connectivity index is 0.00000176. The minimum atomic E-state index is 0. The molecular weight excluding hydrogens is 298 g/mol. The lowest BCUT2D eigenvalue weighted by atomic mass is 9.78. The van der Waals surface area contributed by atoms with E-state index in [1.807, 2.05) is 0 Å². The highest BCUT2D eigenvalue weighted by atomic mass is 35.5. The molecule has 22 heavy (non-hydrogen) atoms. The van der Waals surface area contributed by atoms with Crippen molar-refractivity contribution >= 4 is 18.3 Å². The molecule has 2 saturated carbocycles. The van der Waals surface area contributed by atoms with Gasteiger partial charge in [-0.15, -0.1) is 12.4 Å². The Bertz CT molecular complexity index is 373. The summed E-state index contributed by atoms with van der Waals surface area (Å²) in [5.41, 5.74) is 6.28. The Hall–Kier alpha value is -0.320. The Morgan fingerprint density at radius 2 is 1.82 bits per heavy atom. The lowest BCUT2D eigenvalue weighted by Crippen LogP contribution is -2.48. The molecule has 3 fully saturated rings. The smallest absolute Gasteiger partial charge is 0.237 e. The van der Waals surface area contributed by atoms with Crippen LogP contribution in [0.3, 0.4) is 0 Å². The third-order valence-electron chi connectivity index (χ3n) is 6.06. The number of hydrogen-bond donors (Lipinski definition) is 2. The van der Waals surface area contributed by atoms with E-state index in [1.165, 1.54) is 32.1 Å². The van der Waals surface area contributed by atoms with Crippen molar-refractivity contribution in [3.05, 3.63) is 0 Å². The summed E-state index contributed by atoms with van der Waals surface area (Å²) in [6.07, 6.45) is 9.91. The molecule has 1 heterocycles. The Labute approximate surface area is 141 Å². The summed E-state index contributed by atoms with van der Waals surface area (Å²) >= 11 is 0. The topological polar surface area (TPSA) is 58.4 Å². The first kappa shape index (κ1) is 18.0. The third-order valence-corrected chi connectivity index (χ3v) is 6.06. The minimum absolute atomic E-state index is 0. The molecule has 1 saturated heterocycles. The number of carbonyl (C=O) groups is 1. The molecule has 0 aromatic rings. The van der Waals surface area contributed by atoms with Crippen LogP contribution in [0.1, 0.15) is 58.3 Å². The molecule has 3 aliphatic rings. The van der Waals surface area contributed by atoms with Crippen molar-refractivity contribution in [2.45, 2.75) is 76.4 Å². The number of fused-ring (bicyclic) bond motifs is 1. The summed E-state index contributed by atoms with van der Waals surface area (Å²) in [7, 11) is 0. The van der Waals surface area contributed by atoms with E-state index in [0.717, 1.165) is 38.3 Å². The van der Waals surface area contributed by atoms with Crippen LogP contribution >= 0.6 is 12.4 Å². The van der Waals surface area contributed by atoms with E-state index in [-0.39, 0.29) is 24.4 Å². The number of nitrogens with one attached hydrogen (secondary N) is 1. The van der Waals surface area contributed by atoms with Crippen molar-refractivity contribution in [2.75, 3.05) is 13.1 Å². The molecule has 1 amide bonds. The highest BCUT2D eigenvalue weighted by Gasteiger charge is 2.41. The van der Waals surface area contributed by atoms with E-state index in [9.17, 15) is 4.79 Å². The van der Waals surface area contributed by atoms with Gasteiger partial charge < -0.3 is 11.1 Å². The fourth-order valence-electron chi connectivity index (χ4n) is 4.60. The van der Waals surface area contributed by atoms with Gasteiger partial charge in [0.1, 0.15) is 0 Å². The minimum Gasteiger partial charge on any atom is -0.352 e. The quantitative estimate of drug-likeness (QED) is 0.835. The Kier molecular flexibility index (Phi) is 6.54. The van der Waals surface area contributed by atoms with Crippen LogP contribution in [-0.2, 0) is 4.79 Å². The number of hydrogen-bond acceptors (Lipinski definition) is 3. The first-order valence-electron chi connectivity index (χ1n) is 8.95. The number of nitrogens with two attached hydrogens (primary N) is 1. The van der Waals surface area contributed by atoms with E-state index >= 15 is 0 Å². The van der Waals surface area contributed by atoms with Gasteiger partial charge in [0, 0.05) is 25.2 Å². The highest BCUT2D eigenvalue weighted by molar-refractivity contribution is 5.85. The SMILES string of the molecule is CC(C(=O)NC1CCCCC1)N1CC2CCCC(N)C2C1.Cl. The van der Waals surface area contributed by atoms with Crippen LogP contribution in [0.15, 0.2) is 0 Å². The van der Waals surface area contributed by atoms with Gasteiger partial charge >= 0.3 is 0 Å². The first-order valence-corrected chi connectivity index (χ1v) is 8.95. The lowest BCUT2D eigenvalue weighted by Gasteiger charge is -2.30. The van der Waals surface area contributed by atoms with Gasteiger partial charge in [-0.3, -0.25) is 9.69 Å². The van der Waals surface area contributed by atoms with Crippen LogP contribution in [0.5, 0.6) is 0 Å². The van der Waals surface area contributed by atoms with Crippen molar-refractivity contribution in [3.63, 3.8) is 0 Å². The van der Waals surface area contributed by atoms with Crippen molar-refractivity contribution in [3.8, 4) is 0 Å². The van der Waals surface area contributed by atoms with Crippen LogP contribution in [0, 0.1) is 11.8 Å². The van der Waals surface area contributed by atoms with E-state index in [2.05, 4.69) is 17.1 Å². The lowest BCUT2D eigenvalue weighted by molar-refractivity contribution is -0.126. The fraction of sp³-hybridized carbons (Fsp3) is 0.941. The van der Waals surface area contributed by atoms with Gasteiger partial charge in [-0.1, -0.05) is 25.7 Å². The van der Waals surface area contributed by atoms with E-state index in [1.54, 1.807) is 0 Å². The summed E-state index contributed by atoms with van der Waals surface area (Å²) in [5.74, 6) is 1.57. The van der Waals surface area contributed by atoms with Crippen molar-refractivity contribution < 1.29 is 4.79 Å². The van der Waals surface area contributed by atoms with Gasteiger partial charge in [0.05, 0.1) is 6.04 Å². The average molecular weight is 330 g/mol. The zero-order valence-electron chi connectivity index (χ0n) is 13.8. The third kappa shape index (κ3) is 3.95. The maximum Gasteiger partial charge on any atom is 0.237 e. The van der Waals surface area contributed by atoms with Gasteiger partial charge in [-0.2, -0.15) is 0 Å². The van der Waals surface area contributed by atoms with Gasteiger partial charge in [0.25, 0.3) is 0 Å². The van der Waals surface area contributed by atoms with Crippen molar-refractivity contribution in [1.82, 2.24) is 10.2 Å². The second-order valence-electron chi connectivity index (χ2n) is 7.49. The van der Waals surface area contributed by atoms with Gasteiger partial charge in [0.15, 0.2) is 0 Å². The number of nitrogens with zero attached hydrogens (tertiary/aromatic N) is 1. The molecule has 0 aromatic heterocycles. The predicted molar refractivity (Wildman–Crippen MR) is 92.1 cm³/mol. The molecule has 4 atom stereocenters. The monoisotopic (exact) mass is 329 g/mol. The first-order chi connectivity index (χ1) is 10.1. The molecular formula is C17H32ClN3O. The molecule has 0 spiro atoms. The van der Waals surface area contributed by atoms with Crippen LogP contribution in [0.25, 0.3) is 0 Å². The summed E-state index contributed by atoms with van der Waals surface area (Å²) in [4.78, 5) is 14.9. The molecule has 3 N–H and O–H groups in total. The van der Waals surface area contributed by atoms with E-state index < -0.39 is 0 Å². The summed E-state index contributed by atoms with van der Waals surface area (Å²) in [6, 6.07) is 0.771. The zero-order chi connectivity index (χ0) is 14.8. The Morgan fingerprint density at radius 1 is 1.09 bits per heavy atom. The summed E-state index contributed by atoms with van der Waals surface area (Å²) < 4.78 is 0. The van der Waals surface area contributed by atoms with Crippen LogP contribution < -0.4 is 11.1 Å². The number of likely N-dealkylation sites (tertiary alicyclic amines) is 1. The maximum absolute atomic E-state index is 12.5. The molecule has 5 heteroatoms. The average Bonchev–Trinajstić information content (AvgIpc) is 2.93. The second-order valence-corrected chi connectivity index (χ2v) is 7.49. The molecule has 4 unspecified atom stereocenters. The van der Waals surface area contributed by atoms with Crippen molar-refractivity contribution in [2.24, 2.45) is 17.6 Å². The van der Waals surface area contributed by atoms with E-state index in [0.29, 0.717) is 18.0 Å². The normalized spacial score (nSPS) is 34.5. The molecule has 1 aliphatic heterocycles. The molecule has 0 bridgehead atoms. The van der Waals surface area contributed by atoms with Crippen LogP contribution in [-0.4, -0.2) is 42.0 Å². The van der Waals surface area contributed by atoms with Gasteiger partial charge in [-0.05, 0) is 44.4 Å². The standard InChI is InChI=1S/C17H31N3O.ClH/c1-12(17(21)19-14-7-3-2-4-8-14)20-10-13-6-5-9-16(18)15(13)11-20;/h12-16H,2-11,18H2,1H3,(H,19,21);1H.